The zero-order chi connectivity index (χ0) is 23.5. The highest BCUT2D eigenvalue weighted by molar-refractivity contribution is 7.89. The van der Waals surface area contributed by atoms with Gasteiger partial charge in [0.1, 0.15) is 6.04 Å². The number of benzene rings is 2. The van der Waals surface area contributed by atoms with E-state index in [0.717, 1.165) is 39.7 Å². The van der Waals surface area contributed by atoms with Gasteiger partial charge in [0, 0.05) is 18.7 Å². The van der Waals surface area contributed by atoms with Crippen molar-refractivity contribution in [2.75, 3.05) is 17.7 Å². The number of carbonyl (C=O) groups excluding carboxylic acids is 2. The maximum atomic E-state index is 12.7. The van der Waals surface area contributed by atoms with Crippen molar-refractivity contribution in [3.05, 3.63) is 65.2 Å². The smallest absolute Gasteiger partial charge is 0.416 e. The molecular formula is C21H21F3N2O5S. The molecule has 2 aromatic rings. The Morgan fingerprint density at radius 2 is 1.72 bits per heavy atom. The van der Waals surface area contributed by atoms with E-state index >= 15 is 0 Å². The van der Waals surface area contributed by atoms with E-state index in [-0.39, 0.29) is 24.4 Å². The molecule has 172 valence electrons. The molecule has 0 aromatic heterocycles. The fourth-order valence-electron chi connectivity index (χ4n) is 3.33. The number of nitrogens with zero attached hydrogens (tertiary/aromatic N) is 1. The van der Waals surface area contributed by atoms with Crippen molar-refractivity contribution in [3.8, 4) is 0 Å². The van der Waals surface area contributed by atoms with Crippen molar-refractivity contribution in [1.82, 2.24) is 4.31 Å². The number of esters is 1. The summed E-state index contributed by atoms with van der Waals surface area (Å²) >= 11 is 0. The van der Waals surface area contributed by atoms with Crippen LogP contribution in [0.25, 0.3) is 0 Å². The van der Waals surface area contributed by atoms with Crippen LogP contribution in [0, 0.1) is 0 Å². The van der Waals surface area contributed by atoms with Gasteiger partial charge < -0.3 is 10.1 Å². The Kier molecular flexibility index (Phi) is 6.89. The summed E-state index contributed by atoms with van der Waals surface area (Å²) < 4.78 is 69.0. The molecule has 2 aromatic carbocycles. The van der Waals surface area contributed by atoms with Crippen LogP contribution in [-0.4, -0.2) is 43.0 Å². The maximum Gasteiger partial charge on any atom is 0.416 e. The van der Waals surface area contributed by atoms with E-state index in [0.29, 0.717) is 0 Å². The van der Waals surface area contributed by atoms with Crippen LogP contribution in [-0.2, 0) is 43.5 Å². The third kappa shape index (κ3) is 5.46. The van der Waals surface area contributed by atoms with Gasteiger partial charge in [0.05, 0.1) is 11.3 Å². The molecule has 1 amide bonds. The number of nitrogens with one attached hydrogen (secondary N) is 1. The van der Waals surface area contributed by atoms with E-state index in [1.165, 1.54) is 6.92 Å². The predicted molar refractivity (Wildman–Crippen MR) is 110 cm³/mol. The molecule has 32 heavy (non-hydrogen) atoms. The van der Waals surface area contributed by atoms with Crippen molar-refractivity contribution in [1.29, 1.82) is 0 Å². The Balaban J connectivity index is 1.65. The van der Waals surface area contributed by atoms with Gasteiger partial charge in [-0.1, -0.05) is 24.3 Å². The van der Waals surface area contributed by atoms with E-state index < -0.39 is 46.3 Å². The van der Waals surface area contributed by atoms with E-state index in [2.05, 4.69) is 5.32 Å². The van der Waals surface area contributed by atoms with Crippen molar-refractivity contribution in [3.63, 3.8) is 0 Å². The quantitative estimate of drug-likeness (QED) is 0.656. The van der Waals surface area contributed by atoms with Crippen molar-refractivity contribution in [2.24, 2.45) is 0 Å². The molecule has 3 rings (SSSR count). The van der Waals surface area contributed by atoms with Crippen LogP contribution in [0.5, 0.6) is 0 Å². The number of anilines is 1. The minimum absolute atomic E-state index is 0.0177. The lowest BCUT2D eigenvalue weighted by Crippen LogP contribution is -2.50. The third-order valence-electron chi connectivity index (χ3n) is 5.04. The second-order valence-electron chi connectivity index (χ2n) is 7.17. The number of hydrogen-bond acceptors (Lipinski definition) is 5. The number of sulfonamides is 1. The van der Waals surface area contributed by atoms with Gasteiger partial charge in [-0.3, -0.25) is 9.59 Å². The number of rotatable bonds is 6. The average molecular weight is 470 g/mol. The summed E-state index contributed by atoms with van der Waals surface area (Å²) in [6.07, 6.45) is -4.39. The Bertz CT molecular complexity index is 1100. The largest absolute Gasteiger partial charge is 0.454 e. The molecule has 11 heteroatoms. The molecule has 0 spiro atoms. The molecule has 1 aliphatic heterocycles. The predicted octanol–water partition coefficient (Wildman–Crippen LogP) is 2.96. The van der Waals surface area contributed by atoms with Crippen LogP contribution in [0.4, 0.5) is 18.9 Å². The molecule has 1 aliphatic rings. The summed E-state index contributed by atoms with van der Waals surface area (Å²) in [6, 6.07) is 9.81. The Hall–Kier alpha value is -2.92. The van der Waals surface area contributed by atoms with Gasteiger partial charge >= 0.3 is 12.1 Å². The minimum atomic E-state index is -4.50. The molecule has 0 aliphatic carbocycles. The first-order valence-electron chi connectivity index (χ1n) is 9.71. The van der Waals surface area contributed by atoms with Crippen LogP contribution < -0.4 is 5.32 Å². The van der Waals surface area contributed by atoms with E-state index in [4.69, 9.17) is 4.74 Å². The number of fused-ring (bicyclic) bond motifs is 1. The lowest BCUT2D eigenvalue weighted by Gasteiger charge is -2.34. The van der Waals surface area contributed by atoms with Crippen molar-refractivity contribution >= 4 is 27.6 Å². The Morgan fingerprint density at radius 3 is 2.31 bits per heavy atom. The monoisotopic (exact) mass is 470 g/mol. The molecule has 1 atom stereocenters. The normalized spacial score (nSPS) is 16.8. The lowest BCUT2D eigenvalue weighted by atomic mass is 9.96. The summed E-state index contributed by atoms with van der Waals surface area (Å²) in [7, 11) is -3.72. The van der Waals surface area contributed by atoms with Gasteiger partial charge in [0.25, 0.3) is 5.91 Å². The van der Waals surface area contributed by atoms with Crippen LogP contribution in [0.2, 0.25) is 0 Å². The molecule has 0 fully saturated rings. The first-order valence-corrected chi connectivity index (χ1v) is 11.3. The standard InChI is InChI=1S/C21H21F3N2O5S/c1-2-32(29,30)26-12-15-6-4-3-5-14(15)11-18(26)20(28)31-13-19(27)25-17-9-7-16(8-10-17)21(22,23)24/h3-10,18H,2,11-13H2,1H3,(H,25,27)/t18-/m0/s1. The topological polar surface area (TPSA) is 92.8 Å². The van der Waals surface area contributed by atoms with E-state index in [1.54, 1.807) is 24.3 Å². The number of carbonyl (C=O) groups is 2. The highest BCUT2D eigenvalue weighted by Gasteiger charge is 2.39. The molecule has 0 bridgehead atoms. The van der Waals surface area contributed by atoms with Crippen LogP contribution in [0.1, 0.15) is 23.6 Å². The van der Waals surface area contributed by atoms with Gasteiger partial charge in [0.2, 0.25) is 10.0 Å². The van der Waals surface area contributed by atoms with E-state index in [9.17, 15) is 31.2 Å². The number of halogens is 3. The third-order valence-corrected chi connectivity index (χ3v) is 6.87. The Labute approximate surface area is 183 Å². The summed E-state index contributed by atoms with van der Waals surface area (Å²) in [5.74, 6) is -1.84. The zero-order valence-electron chi connectivity index (χ0n) is 17.1. The number of amides is 1. The van der Waals surface area contributed by atoms with Crippen LogP contribution >= 0.6 is 0 Å². The fraction of sp³-hybridized carbons (Fsp3) is 0.333. The van der Waals surface area contributed by atoms with Crippen molar-refractivity contribution in [2.45, 2.75) is 32.1 Å². The zero-order valence-corrected chi connectivity index (χ0v) is 17.9. The highest BCUT2D eigenvalue weighted by Crippen LogP contribution is 2.30. The molecule has 1 heterocycles. The summed E-state index contributed by atoms with van der Waals surface area (Å²) in [5, 5.41) is 2.33. The number of alkyl halides is 3. The molecule has 0 saturated heterocycles. The van der Waals surface area contributed by atoms with E-state index in [1.807, 2.05) is 0 Å². The SMILES string of the molecule is CCS(=O)(=O)N1Cc2ccccc2C[C@H]1C(=O)OCC(=O)Nc1ccc(C(F)(F)F)cc1. The summed E-state index contributed by atoms with van der Waals surface area (Å²) in [4.78, 5) is 24.7. The molecule has 0 saturated carbocycles. The lowest BCUT2D eigenvalue weighted by molar-refractivity contribution is -0.151. The molecule has 1 N–H and O–H groups in total. The summed E-state index contributed by atoms with van der Waals surface area (Å²) in [5.41, 5.74) is 0.831. The minimum Gasteiger partial charge on any atom is -0.454 e. The molecule has 7 nitrogen and oxygen atoms in total. The van der Waals surface area contributed by atoms with Gasteiger partial charge in [-0.25, -0.2) is 8.42 Å². The highest BCUT2D eigenvalue weighted by atomic mass is 32.2. The first kappa shape index (κ1) is 23.7. The summed E-state index contributed by atoms with van der Waals surface area (Å²) in [6.45, 7) is 0.775. The second-order valence-corrected chi connectivity index (χ2v) is 9.38. The molecular weight excluding hydrogens is 449 g/mol. The van der Waals surface area contributed by atoms with Crippen LogP contribution in [0.15, 0.2) is 48.5 Å². The maximum absolute atomic E-state index is 12.7. The van der Waals surface area contributed by atoms with Gasteiger partial charge in [-0.15, -0.1) is 0 Å². The van der Waals surface area contributed by atoms with Gasteiger partial charge in [0.15, 0.2) is 6.61 Å². The van der Waals surface area contributed by atoms with Crippen molar-refractivity contribution < 1.29 is 35.9 Å². The molecule has 0 unspecified atom stereocenters. The molecule has 0 radical (unpaired) electrons. The second kappa shape index (κ2) is 9.29. The van der Waals surface area contributed by atoms with Gasteiger partial charge in [-0.05, 0) is 42.3 Å². The number of hydrogen-bond donors (Lipinski definition) is 1. The van der Waals surface area contributed by atoms with Gasteiger partial charge in [-0.2, -0.15) is 17.5 Å². The average Bonchev–Trinajstić information content (AvgIpc) is 2.76. The van der Waals surface area contributed by atoms with Crippen LogP contribution in [0.3, 0.4) is 0 Å². The Morgan fingerprint density at radius 1 is 1.09 bits per heavy atom. The number of ether oxygens (including phenoxy) is 1. The fourth-order valence-corrected chi connectivity index (χ4v) is 4.55. The first-order chi connectivity index (χ1) is 15.0.